The van der Waals surface area contributed by atoms with Crippen molar-refractivity contribution in [1.82, 2.24) is 0 Å². The summed E-state index contributed by atoms with van der Waals surface area (Å²) in [6.45, 7) is 6.13. The van der Waals surface area contributed by atoms with Gasteiger partial charge >= 0.3 is 0 Å². The van der Waals surface area contributed by atoms with Gasteiger partial charge in [-0.2, -0.15) is 5.26 Å². The largest absolute Gasteiger partial charge is 0.355 e. The van der Waals surface area contributed by atoms with Crippen LogP contribution in [0.2, 0.25) is 0 Å². The van der Waals surface area contributed by atoms with Gasteiger partial charge in [0.25, 0.3) is 0 Å². The molecule has 4 rings (SSSR count). The average molecular weight is 358 g/mol. The third-order valence-electron chi connectivity index (χ3n) is 5.79. The summed E-state index contributed by atoms with van der Waals surface area (Å²) in [5.41, 5.74) is 7.02. The van der Waals surface area contributed by atoms with Crippen molar-refractivity contribution in [1.29, 1.82) is 5.26 Å². The molecule has 27 heavy (non-hydrogen) atoms. The third kappa shape index (κ3) is 3.17. The fraction of sp³-hybridized carbons (Fsp3) is 0.292. The summed E-state index contributed by atoms with van der Waals surface area (Å²) in [6, 6.07) is 15.2. The van der Waals surface area contributed by atoms with Gasteiger partial charge in [0, 0.05) is 16.9 Å². The van der Waals surface area contributed by atoms with Gasteiger partial charge in [-0.3, -0.25) is 0 Å². The number of fused-ring (bicyclic) bond motifs is 2. The monoisotopic (exact) mass is 358 g/mol. The average Bonchev–Trinajstić information content (AvgIpc) is 2.68. The molecular weight excluding hydrogens is 335 g/mol. The zero-order valence-electron chi connectivity index (χ0n) is 15.6. The Morgan fingerprint density at radius 3 is 2.67 bits per heavy atom. The number of anilines is 1. The van der Waals surface area contributed by atoms with Crippen molar-refractivity contribution in [3.05, 3.63) is 82.8 Å². The van der Waals surface area contributed by atoms with Crippen LogP contribution >= 0.6 is 0 Å². The molecule has 3 heteroatoms. The van der Waals surface area contributed by atoms with Crippen molar-refractivity contribution in [3.8, 4) is 6.07 Å². The topological polar surface area (TPSA) is 35.8 Å². The standard InChI is InChI=1S/C24H23FN2/c1-16-20-8-3-4-9-21(20)22-11-10-18(13-23(22)27-16)24(2,15-26)14-17-6-5-7-19(25)12-17/h5-7,10-13,27H,1,3-4,8-9,14H2,2H3/t24-/m1/s1. The highest BCUT2D eigenvalue weighted by Crippen LogP contribution is 2.44. The number of hydrogen-bond donors (Lipinski definition) is 1. The summed E-state index contributed by atoms with van der Waals surface area (Å²) in [5, 5.41) is 13.4. The molecular formula is C24H23FN2. The van der Waals surface area contributed by atoms with Gasteiger partial charge < -0.3 is 5.32 Å². The molecule has 2 nitrogen and oxygen atoms in total. The van der Waals surface area contributed by atoms with Crippen molar-refractivity contribution in [2.45, 2.75) is 44.4 Å². The van der Waals surface area contributed by atoms with Crippen LogP contribution in [0.1, 0.15) is 49.3 Å². The van der Waals surface area contributed by atoms with E-state index in [1.54, 1.807) is 6.07 Å². The van der Waals surface area contributed by atoms with Gasteiger partial charge in [0.05, 0.1) is 11.5 Å². The normalized spacial score (nSPS) is 18.0. The first-order valence-corrected chi connectivity index (χ1v) is 9.49. The molecule has 1 heterocycles. The summed E-state index contributed by atoms with van der Waals surface area (Å²) in [4.78, 5) is 0. The fourth-order valence-electron chi connectivity index (χ4n) is 4.29. The zero-order valence-corrected chi connectivity index (χ0v) is 15.6. The Kier molecular flexibility index (Phi) is 4.36. The van der Waals surface area contributed by atoms with Crippen molar-refractivity contribution in [2.24, 2.45) is 0 Å². The Labute approximate surface area is 160 Å². The molecule has 2 aromatic rings. The lowest BCUT2D eigenvalue weighted by molar-refractivity contribution is 0.593. The van der Waals surface area contributed by atoms with Gasteiger partial charge in [0.2, 0.25) is 0 Å². The minimum Gasteiger partial charge on any atom is -0.355 e. The van der Waals surface area contributed by atoms with E-state index in [1.165, 1.54) is 41.7 Å². The highest BCUT2D eigenvalue weighted by molar-refractivity contribution is 5.86. The molecule has 1 aliphatic heterocycles. The van der Waals surface area contributed by atoms with E-state index in [2.05, 4.69) is 36.2 Å². The van der Waals surface area contributed by atoms with Crippen LogP contribution in [-0.4, -0.2) is 0 Å². The number of nitrogens with one attached hydrogen (secondary N) is 1. The predicted molar refractivity (Wildman–Crippen MR) is 108 cm³/mol. The van der Waals surface area contributed by atoms with E-state index in [9.17, 15) is 9.65 Å². The Bertz CT molecular complexity index is 996. The fourth-order valence-corrected chi connectivity index (χ4v) is 4.29. The molecule has 0 amide bonds. The lowest BCUT2D eigenvalue weighted by Gasteiger charge is -2.31. The summed E-state index contributed by atoms with van der Waals surface area (Å²) < 4.78 is 13.6. The van der Waals surface area contributed by atoms with Crippen LogP contribution < -0.4 is 5.32 Å². The summed E-state index contributed by atoms with van der Waals surface area (Å²) >= 11 is 0. The molecule has 1 aliphatic carbocycles. The second-order valence-electron chi connectivity index (χ2n) is 7.78. The molecule has 136 valence electrons. The van der Waals surface area contributed by atoms with E-state index in [-0.39, 0.29) is 5.82 Å². The first-order valence-electron chi connectivity index (χ1n) is 9.49. The summed E-state index contributed by atoms with van der Waals surface area (Å²) in [5.74, 6) is -0.270. The Morgan fingerprint density at radius 1 is 1.15 bits per heavy atom. The SMILES string of the molecule is C=C1Nc2cc([C@@](C)(C#N)Cc3cccc(F)c3)ccc2C2=C1CCCC2. The van der Waals surface area contributed by atoms with Crippen LogP contribution in [0.15, 0.2) is 60.3 Å². The number of nitriles is 1. The minimum absolute atomic E-state index is 0.270. The van der Waals surface area contributed by atoms with Gasteiger partial charge in [0.1, 0.15) is 5.82 Å². The minimum atomic E-state index is -0.729. The third-order valence-corrected chi connectivity index (χ3v) is 5.79. The molecule has 1 N–H and O–H groups in total. The molecule has 0 saturated carbocycles. The van der Waals surface area contributed by atoms with Crippen LogP contribution in [-0.2, 0) is 11.8 Å². The number of nitrogens with zero attached hydrogens (tertiary/aromatic N) is 1. The molecule has 0 spiro atoms. The van der Waals surface area contributed by atoms with E-state index < -0.39 is 5.41 Å². The lowest BCUT2D eigenvalue weighted by Crippen LogP contribution is -2.24. The van der Waals surface area contributed by atoms with Gasteiger partial charge in [-0.05, 0) is 79.5 Å². The smallest absolute Gasteiger partial charge is 0.123 e. The Hall–Kier alpha value is -2.86. The predicted octanol–water partition coefficient (Wildman–Crippen LogP) is 6.12. The molecule has 0 aromatic heterocycles. The number of benzene rings is 2. The van der Waals surface area contributed by atoms with Crippen LogP contribution in [0.3, 0.4) is 0 Å². The first-order chi connectivity index (χ1) is 13.0. The van der Waals surface area contributed by atoms with Crippen molar-refractivity contribution >= 4 is 11.3 Å². The van der Waals surface area contributed by atoms with Crippen molar-refractivity contribution in [3.63, 3.8) is 0 Å². The molecule has 2 aliphatic rings. The van der Waals surface area contributed by atoms with Crippen LogP contribution in [0, 0.1) is 17.1 Å². The molecule has 0 bridgehead atoms. The van der Waals surface area contributed by atoms with E-state index in [4.69, 9.17) is 0 Å². The van der Waals surface area contributed by atoms with Crippen molar-refractivity contribution < 1.29 is 4.39 Å². The Balaban J connectivity index is 1.72. The first kappa shape index (κ1) is 17.5. The quantitative estimate of drug-likeness (QED) is 0.718. The Morgan fingerprint density at radius 2 is 1.93 bits per heavy atom. The van der Waals surface area contributed by atoms with Crippen LogP contribution in [0.4, 0.5) is 10.1 Å². The van der Waals surface area contributed by atoms with E-state index in [1.807, 2.05) is 13.0 Å². The maximum absolute atomic E-state index is 13.6. The maximum Gasteiger partial charge on any atom is 0.123 e. The zero-order chi connectivity index (χ0) is 19.0. The van der Waals surface area contributed by atoms with Crippen molar-refractivity contribution in [2.75, 3.05) is 5.32 Å². The van der Waals surface area contributed by atoms with Gasteiger partial charge in [0.15, 0.2) is 0 Å². The van der Waals surface area contributed by atoms with Gasteiger partial charge in [-0.15, -0.1) is 0 Å². The second kappa shape index (κ2) is 6.70. The molecule has 0 saturated heterocycles. The highest BCUT2D eigenvalue weighted by atomic mass is 19.1. The lowest BCUT2D eigenvalue weighted by atomic mass is 9.76. The second-order valence-corrected chi connectivity index (χ2v) is 7.78. The molecule has 0 fully saturated rings. The van der Waals surface area contributed by atoms with E-state index >= 15 is 0 Å². The number of allylic oxidation sites excluding steroid dienone is 2. The number of halogens is 1. The molecule has 0 unspecified atom stereocenters. The molecule has 2 aromatic carbocycles. The van der Waals surface area contributed by atoms with Gasteiger partial charge in [-0.1, -0.05) is 30.8 Å². The summed E-state index contributed by atoms with van der Waals surface area (Å²) in [7, 11) is 0. The highest BCUT2D eigenvalue weighted by Gasteiger charge is 2.30. The van der Waals surface area contributed by atoms with E-state index in [0.717, 1.165) is 35.4 Å². The van der Waals surface area contributed by atoms with E-state index in [0.29, 0.717) is 6.42 Å². The van der Waals surface area contributed by atoms with Crippen LogP contribution in [0.25, 0.3) is 5.57 Å². The molecule has 0 radical (unpaired) electrons. The molecule has 1 atom stereocenters. The van der Waals surface area contributed by atoms with Gasteiger partial charge in [-0.25, -0.2) is 4.39 Å². The number of hydrogen-bond acceptors (Lipinski definition) is 2. The van der Waals surface area contributed by atoms with Crippen LogP contribution in [0.5, 0.6) is 0 Å². The maximum atomic E-state index is 13.6. The number of rotatable bonds is 3. The summed E-state index contributed by atoms with van der Waals surface area (Å²) in [6.07, 6.45) is 5.06.